The van der Waals surface area contributed by atoms with Crippen LogP contribution in [-0.2, 0) is 0 Å². The van der Waals surface area contributed by atoms with E-state index in [0.717, 1.165) is 33.6 Å². The van der Waals surface area contributed by atoms with E-state index in [1.807, 2.05) is 42.5 Å². The van der Waals surface area contributed by atoms with Gasteiger partial charge < -0.3 is 10.6 Å². The molecule has 4 nitrogen and oxygen atoms in total. The highest BCUT2D eigenvalue weighted by Crippen LogP contribution is 2.25. The lowest BCUT2D eigenvalue weighted by atomic mass is 10.1. The molecule has 4 rings (SSSR count). The summed E-state index contributed by atoms with van der Waals surface area (Å²) in [5, 5.41) is 12.9. The molecule has 3 N–H and O–H groups in total. The SMILES string of the molecule is C=C=C(Nc1ccc(/C=C\c2cccc(C(=C=C)NN=C)c2)cc1)Nc1cc2ccccc2cc1C. The van der Waals surface area contributed by atoms with Gasteiger partial charge in [-0.05, 0) is 64.7 Å². The number of hydrogen-bond acceptors (Lipinski definition) is 4. The molecule has 0 amide bonds. The second-order valence-corrected chi connectivity index (χ2v) is 8.22. The van der Waals surface area contributed by atoms with Crippen LogP contribution >= 0.6 is 0 Å². The van der Waals surface area contributed by atoms with Crippen LogP contribution in [0.5, 0.6) is 0 Å². The number of hydrazone groups is 1. The second-order valence-electron chi connectivity index (χ2n) is 8.22. The smallest absolute Gasteiger partial charge is 0.152 e. The molecule has 0 unspecified atom stereocenters. The minimum atomic E-state index is 0.689. The molecular weight excluding hydrogens is 440 g/mol. The molecule has 0 saturated carbocycles. The van der Waals surface area contributed by atoms with Gasteiger partial charge in [0.2, 0.25) is 0 Å². The van der Waals surface area contributed by atoms with Gasteiger partial charge in [-0.25, -0.2) is 0 Å². The zero-order valence-corrected chi connectivity index (χ0v) is 20.3. The van der Waals surface area contributed by atoms with Crippen LogP contribution in [0.2, 0.25) is 0 Å². The lowest BCUT2D eigenvalue weighted by Crippen LogP contribution is -2.09. The highest BCUT2D eigenvalue weighted by molar-refractivity contribution is 5.87. The zero-order chi connectivity index (χ0) is 25.3. The Kier molecular flexibility index (Phi) is 7.65. The van der Waals surface area contributed by atoms with Crippen LogP contribution < -0.4 is 16.1 Å². The van der Waals surface area contributed by atoms with Crippen molar-refractivity contribution >= 4 is 46.7 Å². The molecule has 0 bridgehead atoms. The molecule has 0 atom stereocenters. The van der Waals surface area contributed by atoms with Crippen LogP contribution in [0.4, 0.5) is 11.4 Å². The normalized spacial score (nSPS) is 10.4. The van der Waals surface area contributed by atoms with Gasteiger partial charge in [0.25, 0.3) is 0 Å². The first-order valence-electron chi connectivity index (χ1n) is 11.5. The molecular formula is C32H28N4. The molecule has 4 aromatic carbocycles. The number of rotatable bonds is 9. The summed E-state index contributed by atoms with van der Waals surface area (Å²) in [7, 11) is 0. The fourth-order valence-electron chi connectivity index (χ4n) is 3.84. The van der Waals surface area contributed by atoms with Crippen LogP contribution in [0, 0.1) is 6.92 Å². The first kappa shape index (κ1) is 24.1. The predicted octanol–water partition coefficient (Wildman–Crippen LogP) is 7.80. The Morgan fingerprint density at radius 2 is 1.50 bits per heavy atom. The van der Waals surface area contributed by atoms with Crippen LogP contribution in [0.3, 0.4) is 0 Å². The molecule has 4 heteroatoms. The van der Waals surface area contributed by atoms with Crippen molar-refractivity contribution in [1.29, 1.82) is 0 Å². The Morgan fingerprint density at radius 3 is 2.19 bits per heavy atom. The van der Waals surface area contributed by atoms with E-state index in [1.165, 1.54) is 10.8 Å². The standard InChI is InChI=1S/C32H28N4/c1-5-30(36-33-4)28-13-9-10-25(21-28)15-14-24-16-18-29(19-17-24)34-32(6-2)35-31-22-27-12-8-7-11-26(27)20-23(31)3/h7-22,34-36H,1-2,4H2,3H3/b15-14-. The molecule has 0 aliphatic rings. The van der Waals surface area contributed by atoms with Gasteiger partial charge in [-0.3, -0.25) is 5.43 Å². The van der Waals surface area contributed by atoms with Crippen molar-refractivity contribution in [3.05, 3.63) is 138 Å². The topological polar surface area (TPSA) is 48.5 Å². The average Bonchev–Trinajstić information content (AvgIpc) is 2.91. The van der Waals surface area contributed by atoms with Crippen molar-refractivity contribution in [2.24, 2.45) is 5.10 Å². The Balaban J connectivity index is 1.44. The van der Waals surface area contributed by atoms with E-state index >= 15 is 0 Å². The van der Waals surface area contributed by atoms with E-state index < -0.39 is 0 Å². The summed E-state index contributed by atoms with van der Waals surface area (Å²) < 4.78 is 0. The van der Waals surface area contributed by atoms with Gasteiger partial charge in [-0.2, -0.15) is 5.10 Å². The van der Waals surface area contributed by atoms with Crippen molar-refractivity contribution in [1.82, 2.24) is 5.43 Å². The molecule has 0 spiro atoms. The number of benzene rings is 4. The van der Waals surface area contributed by atoms with Crippen LogP contribution in [-0.4, -0.2) is 6.72 Å². The molecule has 0 radical (unpaired) electrons. The summed E-state index contributed by atoms with van der Waals surface area (Å²) in [5.41, 5.74) is 15.5. The Hall–Kier alpha value is -5.01. The van der Waals surface area contributed by atoms with Crippen molar-refractivity contribution in [3.8, 4) is 0 Å². The van der Waals surface area contributed by atoms with E-state index in [2.05, 4.69) is 114 Å². The van der Waals surface area contributed by atoms with Crippen LogP contribution in [0.1, 0.15) is 22.3 Å². The maximum absolute atomic E-state index is 3.84. The van der Waals surface area contributed by atoms with Gasteiger partial charge in [0, 0.05) is 23.7 Å². The van der Waals surface area contributed by atoms with Gasteiger partial charge in [-0.1, -0.05) is 85.6 Å². The third-order valence-corrected chi connectivity index (χ3v) is 5.72. The maximum Gasteiger partial charge on any atom is 0.152 e. The molecule has 0 aliphatic carbocycles. The summed E-state index contributed by atoms with van der Waals surface area (Å²) in [4.78, 5) is 0. The highest BCUT2D eigenvalue weighted by atomic mass is 15.3. The number of aryl methyl sites for hydroxylation is 1. The van der Waals surface area contributed by atoms with Gasteiger partial charge in [0.15, 0.2) is 5.82 Å². The summed E-state index contributed by atoms with van der Waals surface area (Å²) in [6.45, 7) is 13.1. The lowest BCUT2D eigenvalue weighted by molar-refractivity contribution is 1.01. The van der Waals surface area contributed by atoms with E-state index in [-0.39, 0.29) is 0 Å². The molecule has 0 heterocycles. The molecule has 0 saturated heterocycles. The Labute approximate surface area is 212 Å². The van der Waals surface area contributed by atoms with Gasteiger partial charge in [0.1, 0.15) is 5.70 Å². The maximum atomic E-state index is 3.84. The first-order chi connectivity index (χ1) is 17.6. The molecule has 4 aromatic rings. The van der Waals surface area contributed by atoms with E-state index in [0.29, 0.717) is 11.5 Å². The van der Waals surface area contributed by atoms with E-state index in [4.69, 9.17) is 0 Å². The van der Waals surface area contributed by atoms with Crippen molar-refractivity contribution in [2.75, 3.05) is 10.6 Å². The van der Waals surface area contributed by atoms with Gasteiger partial charge in [0.05, 0.1) is 0 Å². The minimum Gasteiger partial charge on any atom is -0.335 e. The number of nitrogens with one attached hydrogen (secondary N) is 3. The number of anilines is 2. The summed E-state index contributed by atoms with van der Waals surface area (Å²) in [6.07, 6.45) is 4.13. The molecule has 0 aromatic heterocycles. The quantitative estimate of drug-likeness (QED) is 0.102. The predicted molar refractivity (Wildman–Crippen MR) is 156 cm³/mol. The average molecular weight is 469 g/mol. The molecule has 0 fully saturated rings. The Bertz CT molecular complexity index is 1530. The summed E-state index contributed by atoms with van der Waals surface area (Å²) in [6, 6.07) is 28.9. The summed E-state index contributed by atoms with van der Waals surface area (Å²) >= 11 is 0. The largest absolute Gasteiger partial charge is 0.335 e. The number of fused-ring (bicyclic) bond motifs is 1. The summed E-state index contributed by atoms with van der Waals surface area (Å²) in [5.74, 6) is 0.696. The van der Waals surface area contributed by atoms with Crippen molar-refractivity contribution < 1.29 is 0 Å². The lowest BCUT2D eigenvalue weighted by Gasteiger charge is -2.15. The van der Waals surface area contributed by atoms with Crippen LogP contribution in [0.25, 0.3) is 28.6 Å². The highest BCUT2D eigenvalue weighted by Gasteiger charge is 2.05. The molecule has 36 heavy (non-hydrogen) atoms. The fraction of sp³-hybridized carbons (Fsp3) is 0.0312. The molecule has 0 aliphatic heterocycles. The molecule has 176 valence electrons. The van der Waals surface area contributed by atoms with Gasteiger partial charge >= 0.3 is 0 Å². The van der Waals surface area contributed by atoms with E-state index in [9.17, 15) is 0 Å². The monoisotopic (exact) mass is 468 g/mol. The van der Waals surface area contributed by atoms with Crippen molar-refractivity contribution in [3.63, 3.8) is 0 Å². The minimum absolute atomic E-state index is 0.689. The van der Waals surface area contributed by atoms with Crippen molar-refractivity contribution in [2.45, 2.75) is 6.92 Å². The number of nitrogens with zero attached hydrogens (tertiary/aromatic N) is 1. The van der Waals surface area contributed by atoms with Gasteiger partial charge in [-0.15, -0.1) is 5.73 Å². The fourth-order valence-corrected chi connectivity index (χ4v) is 3.84. The Morgan fingerprint density at radius 1 is 0.778 bits per heavy atom. The first-order valence-corrected chi connectivity index (χ1v) is 11.5. The second kappa shape index (κ2) is 11.4. The third-order valence-electron chi connectivity index (χ3n) is 5.72. The third kappa shape index (κ3) is 5.91. The number of hydrogen-bond donors (Lipinski definition) is 3. The van der Waals surface area contributed by atoms with E-state index in [1.54, 1.807) is 0 Å². The van der Waals surface area contributed by atoms with Crippen LogP contribution in [0.15, 0.2) is 120 Å². The zero-order valence-electron chi connectivity index (χ0n) is 20.3.